The molecule has 0 spiro atoms. The van der Waals surface area contributed by atoms with Crippen molar-refractivity contribution in [1.82, 2.24) is 4.98 Å². The summed E-state index contributed by atoms with van der Waals surface area (Å²) in [5, 5.41) is 1.48. The van der Waals surface area contributed by atoms with Crippen molar-refractivity contribution < 1.29 is 9.53 Å². The number of ether oxygens (including phenoxy) is 1. The summed E-state index contributed by atoms with van der Waals surface area (Å²) in [5.41, 5.74) is 4.54. The Labute approximate surface area is 146 Å². The van der Waals surface area contributed by atoms with Crippen LogP contribution in [0.3, 0.4) is 0 Å². The molecular weight excluding hydrogens is 322 g/mol. The van der Waals surface area contributed by atoms with Crippen LogP contribution < -0.4 is 4.74 Å². The van der Waals surface area contributed by atoms with Crippen molar-refractivity contribution in [1.29, 1.82) is 0 Å². The number of carbonyl (C=O) groups is 1. The van der Waals surface area contributed by atoms with Gasteiger partial charge in [-0.15, -0.1) is 0 Å². The predicted molar refractivity (Wildman–Crippen MR) is 99.3 cm³/mol. The van der Waals surface area contributed by atoms with Gasteiger partial charge in [0.05, 0.1) is 17.8 Å². The molecule has 0 amide bonds. The maximum atomic E-state index is 11.7. The van der Waals surface area contributed by atoms with Crippen molar-refractivity contribution in [3.63, 3.8) is 0 Å². The Bertz CT molecular complexity index is 883. The Morgan fingerprint density at radius 2 is 2.04 bits per heavy atom. The number of aromatic nitrogens is 1. The van der Waals surface area contributed by atoms with Crippen molar-refractivity contribution in [3.8, 4) is 17.0 Å². The summed E-state index contributed by atoms with van der Waals surface area (Å²) in [6.07, 6.45) is 4.24. The molecule has 0 aliphatic carbocycles. The van der Waals surface area contributed by atoms with Crippen LogP contribution in [0.4, 0.5) is 0 Å². The minimum absolute atomic E-state index is 0.522. The first-order valence-corrected chi connectivity index (χ1v) is 8.49. The molecule has 0 fully saturated rings. The zero-order valence-electron chi connectivity index (χ0n) is 13.9. The second kappa shape index (κ2) is 7.10. The topological polar surface area (TPSA) is 42.1 Å². The lowest BCUT2D eigenvalue weighted by atomic mass is 10.0. The molecule has 1 aromatic heterocycles. The van der Waals surface area contributed by atoms with Gasteiger partial charge in [0.2, 0.25) is 0 Å². The van der Waals surface area contributed by atoms with E-state index in [4.69, 9.17) is 16.3 Å². The average Bonchev–Trinajstić information content (AvgIpc) is 2.97. The van der Waals surface area contributed by atoms with Crippen LogP contribution in [-0.4, -0.2) is 18.4 Å². The standard InChI is InChI=1S/C20H20ClNO2/c1-3-4-5-13-6-8-18-15(10-13)16(12-23)20(22-18)14-7-9-19(24-2)17(21)11-14/h6-12,22H,3-5H2,1-2H3. The monoisotopic (exact) mass is 341 g/mol. The first-order valence-electron chi connectivity index (χ1n) is 8.11. The van der Waals surface area contributed by atoms with Crippen LogP contribution in [0.5, 0.6) is 5.75 Å². The van der Waals surface area contributed by atoms with Crippen molar-refractivity contribution in [3.05, 3.63) is 52.5 Å². The largest absolute Gasteiger partial charge is 0.495 e. The Balaban J connectivity index is 2.11. The van der Waals surface area contributed by atoms with Crippen LogP contribution >= 0.6 is 11.6 Å². The molecule has 3 rings (SSSR count). The SMILES string of the molecule is CCCCc1ccc2[nH]c(-c3ccc(OC)c(Cl)c3)c(C=O)c2c1. The third-order valence-electron chi connectivity index (χ3n) is 4.28. The molecule has 3 aromatic rings. The van der Waals surface area contributed by atoms with E-state index in [0.717, 1.165) is 47.7 Å². The van der Waals surface area contributed by atoms with E-state index in [0.29, 0.717) is 16.3 Å². The Morgan fingerprint density at radius 3 is 2.71 bits per heavy atom. The third kappa shape index (κ3) is 3.04. The summed E-state index contributed by atoms with van der Waals surface area (Å²) in [4.78, 5) is 15.1. The number of hydrogen-bond acceptors (Lipinski definition) is 2. The van der Waals surface area contributed by atoms with Crippen LogP contribution in [-0.2, 0) is 6.42 Å². The van der Waals surface area contributed by atoms with E-state index in [9.17, 15) is 4.79 Å². The van der Waals surface area contributed by atoms with Crippen LogP contribution in [0.15, 0.2) is 36.4 Å². The molecule has 0 aliphatic rings. The highest BCUT2D eigenvalue weighted by Crippen LogP contribution is 2.34. The molecule has 0 atom stereocenters. The molecule has 0 unspecified atom stereocenters. The number of aryl methyl sites for hydroxylation is 1. The first kappa shape index (κ1) is 16.6. The summed E-state index contributed by atoms with van der Waals surface area (Å²) in [6.45, 7) is 2.18. The molecular formula is C20H20ClNO2. The van der Waals surface area contributed by atoms with E-state index in [2.05, 4.69) is 24.0 Å². The second-order valence-corrected chi connectivity index (χ2v) is 6.27. The van der Waals surface area contributed by atoms with Gasteiger partial charge in [-0.25, -0.2) is 0 Å². The first-order chi connectivity index (χ1) is 11.7. The molecule has 1 N–H and O–H groups in total. The van der Waals surface area contributed by atoms with Crippen molar-refractivity contribution >= 4 is 28.8 Å². The zero-order chi connectivity index (χ0) is 17.1. The number of carbonyl (C=O) groups excluding carboxylic acids is 1. The van der Waals surface area contributed by atoms with Gasteiger partial charge >= 0.3 is 0 Å². The molecule has 1 heterocycles. The number of hydrogen-bond donors (Lipinski definition) is 1. The molecule has 4 heteroatoms. The van der Waals surface area contributed by atoms with E-state index in [1.165, 1.54) is 5.56 Å². The zero-order valence-corrected chi connectivity index (χ0v) is 14.6. The van der Waals surface area contributed by atoms with Crippen molar-refractivity contribution in [2.45, 2.75) is 26.2 Å². The summed E-state index contributed by atoms with van der Waals surface area (Å²) >= 11 is 6.23. The van der Waals surface area contributed by atoms with Gasteiger partial charge in [-0.05, 0) is 48.7 Å². The van der Waals surface area contributed by atoms with Gasteiger partial charge in [-0.1, -0.05) is 31.0 Å². The normalized spacial score (nSPS) is 11.0. The number of fused-ring (bicyclic) bond motifs is 1. The molecule has 0 bridgehead atoms. The van der Waals surface area contributed by atoms with Crippen molar-refractivity contribution in [2.24, 2.45) is 0 Å². The molecule has 0 saturated carbocycles. The third-order valence-corrected chi connectivity index (χ3v) is 4.58. The van der Waals surface area contributed by atoms with E-state index in [-0.39, 0.29) is 0 Å². The lowest BCUT2D eigenvalue weighted by Crippen LogP contribution is -1.88. The highest BCUT2D eigenvalue weighted by Gasteiger charge is 2.14. The number of halogens is 1. The van der Waals surface area contributed by atoms with E-state index >= 15 is 0 Å². The molecule has 0 radical (unpaired) electrons. The number of rotatable bonds is 6. The minimum atomic E-state index is 0.522. The summed E-state index contributed by atoms with van der Waals surface area (Å²) in [7, 11) is 1.58. The van der Waals surface area contributed by atoms with Gasteiger partial charge in [0.25, 0.3) is 0 Å². The lowest BCUT2D eigenvalue weighted by molar-refractivity contribution is 0.112. The van der Waals surface area contributed by atoms with Gasteiger partial charge in [-0.2, -0.15) is 0 Å². The number of benzene rings is 2. The summed E-state index contributed by atoms with van der Waals surface area (Å²) < 4.78 is 5.19. The smallest absolute Gasteiger partial charge is 0.152 e. The number of unbranched alkanes of at least 4 members (excludes halogenated alkanes) is 1. The number of H-pyrrole nitrogens is 1. The van der Waals surface area contributed by atoms with Crippen LogP contribution in [0.2, 0.25) is 5.02 Å². The fraction of sp³-hybridized carbons (Fsp3) is 0.250. The number of aromatic amines is 1. The van der Waals surface area contributed by atoms with Crippen LogP contribution in [0.25, 0.3) is 22.2 Å². The Morgan fingerprint density at radius 1 is 1.21 bits per heavy atom. The summed E-state index contributed by atoms with van der Waals surface area (Å²) in [5.74, 6) is 0.617. The maximum absolute atomic E-state index is 11.7. The average molecular weight is 342 g/mol. The molecule has 0 saturated heterocycles. The van der Waals surface area contributed by atoms with Gasteiger partial charge in [0.1, 0.15) is 5.75 Å². The number of aldehydes is 1. The molecule has 0 aliphatic heterocycles. The quantitative estimate of drug-likeness (QED) is 0.588. The Hall–Kier alpha value is -2.26. The molecule has 2 aromatic carbocycles. The number of nitrogens with one attached hydrogen (secondary N) is 1. The number of methoxy groups -OCH3 is 1. The van der Waals surface area contributed by atoms with Crippen molar-refractivity contribution in [2.75, 3.05) is 7.11 Å². The van der Waals surface area contributed by atoms with Gasteiger partial charge in [0, 0.05) is 22.0 Å². The summed E-state index contributed by atoms with van der Waals surface area (Å²) in [6, 6.07) is 11.8. The minimum Gasteiger partial charge on any atom is -0.495 e. The van der Waals surface area contributed by atoms with Crippen LogP contribution in [0, 0.1) is 0 Å². The van der Waals surface area contributed by atoms with E-state index in [1.807, 2.05) is 24.3 Å². The predicted octanol–water partition coefficient (Wildman–Crippen LogP) is 5.65. The van der Waals surface area contributed by atoms with E-state index in [1.54, 1.807) is 7.11 Å². The fourth-order valence-electron chi connectivity index (χ4n) is 2.97. The molecule has 3 nitrogen and oxygen atoms in total. The highest BCUT2D eigenvalue weighted by molar-refractivity contribution is 6.32. The second-order valence-electron chi connectivity index (χ2n) is 5.86. The fourth-order valence-corrected chi connectivity index (χ4v) is 3.23. The van der Waals surface area contributed by atoms with Gasteiger partial charge < -0.3 is 9.72 Å². The van der Waals surface area contributed by atoms with Crippen LogP contribution in [0.1, 0.15) is 35.7 Å². The van der Waals surface area contributed by atoms with E-state index < -0.39 is 0 Å². The molecule has 24 heavy (non-hydrogen) atoms. The highest BCUT2D eigenvalue weighted by atomic mass is 35.5. The van der Waals surface area contributed by atoms with Gasteiger partial charge in [0.15, 0.2) is 6.29 Å². The van der Waals surface area contributed by atoms with Gasteiger partial charge in [-0.3, -0.25) is 4.79 Å². The lowest BCUT2D eigenvalue weighted by Gasteiger charge is -2.05. The Kier molecular flexibility index (Phi) is 4.91. The maximum Gasteiger partial charge on any atom is 0.152 e. The molecule has 124 valence electrons.